The van der Waals surface area contributed by atoms with Crippen LogP contribution in [0.15, 0.2) is 0 Å². The maximum Gasteiger partial charge on any atom is 0.241 e. The molecule has 1 amide bonds. The maximum atomic E-state index is 12.7. The highest BCUT2D eigenvalue weighted by Crippen LogP contribution is 2.33. The van der Waals surface area contributed by atoms with Crippen LogP contribution >= 0.6 is 11.8 Å². The summed E-state index contributed by atoms with van der Waals surface area (Å²) in [5.74, 6) is 0.325. The van der Waals surface area contributed by atoms with Gasteiger partial charge in [-0.25, -0.2) is 0 Å². The molecule has 1 saturated heterocycles. The van der Waals surface area contributed by atoms with E-state index >= 15 is 0 Å². The molecule has 0 radical (unpaired) electrons. The zero-order valence-electron chi connectivity index (χ0n) is 13.9. The summed E-state index contributed by atoms with van der Waals surface area (Å²) in [4.78, 5) is 14.8. The summed E-state index contributed by atoms with van der Waals surface area (Å²) in [6.07, 6.45) is 8.85. The summed E-state index contributed by atoms with van der Waals surface area (Å²) < 4.78 is 0.213. The molecule has 118 valence electrons. The molecule has 1 aliphatic rings. The molecule has 3 nitrogen and oxygen atoms in total. The van der Waals surface area contributed by atoms with E-state index in [4.69, 9.17) is 0 Å². The molecular formula is C16H32N2OS. The summed E-state index contributed by atoms with van der Waals surface area (Å²) in [6, 6.07) is 0.0461. The van der Waals surface area contributed by atoms with Crippen LogP contribution in [0.5, 0.6) is 0 Å². The van der Waals surface area contributed by atoms with Crippen LogP contribution in [0.4, 0.5) is 0 Å². The van der Waals surface area contributed by atoms with Gasteiger partial charge < -0.3 is 4.90 Å². The van der Waals surface area contributed by atoms with Crippen molar-refractivity contribution in [3.63, 3.8) is 0 Å². The van der Waals surface area contributed by atoms with Gasteiger partial charge in [0.25, 0.3) is 0 Å². The van der Waals surface area contributed by atoms with E-state index in [1.54, 1.807) is 0 Å². The highest BCUT2D eigenvalue weighted by atomic mass is 32.2. The molecule has 1 heterocycles. The first-order chi connectivity index (χ1) is 9.57. The molecule has 0 bridgehead atoms. The van der Waals surface area contributed by atoms with Gasteiger partial charge in [0.2, 0.25) is 5.91 Å². The number of nitrogens with one attached hydrogen (secondary N) is 1. The quantitative estimate of drug-likeness (QED) is 0.705. The molecule has 2 atom stereocenters. The minimum atomic E-state index is 0.0461. The predicted molar refractivity (Wildman–Crippen MR) is 89.1 cm³/mol. The van der Waals surface area contributed by atoms with Crippen LogP contribution in [-0.4, -0.2) is 40.6 Å². The summed E-state index contributed by atoms with van der Waals surface area (Å²) in [6.45, 7) is 9.71. The van der Waals surface area contributed by atoms with Gasteiger partial charge in [-0.15, -0.1) is 0 Å². The number of nitrogens with zero attached hydrogens (tertiary/aromatic N) is 1. The van der Waals surface area contributed by atoms with Crippen molar-refractivity contribution >= 4 is 17.7 Å². The number of carbonyl (C=O) groups is 1. The first-order valence-electron chi connectivity index (χ1n) is 8.19. The van der Waals surface area contributed by atoms with Crippen molar-refractivity contribution in [1.82, 2.24) is 10.2 Å². The van der Waals surface area contributed by atoms with Gasteiger partial charge in [0, 0.05) is 11.3 Å². The minimum Gasteiger partial charge on any atom is -0.324 e. The Labute approximate surface area is 129 Å². The van der Waals surface area contributed by atoms with Crippen LogP contribution in [0.25, 0.3) is 0 Å². The maximum absolute atomic E-state index is 12.7. The Morgan fingerprint density at radius 3 is 2.20 bits per heavy atom. The Bertz CT molecular complexity index is 297. The minimum absolute atomic E-state index is 0.0461. The lowest BCUT2D eigenvalue weighted by Crippen LogP contribution is -2.46. The third kappa shape index (κ3) is 3.91. The number of thioether (sulfide) groups is 1. The fourth-order valence-electron chi connectivity index (χ4n) is 3.08. The Morgan fingerprint density at radius 1 is 1.15 bits per heavy atom. The van der Waals surface area contributed by atoms with Crippen molar-refractivity contribution in [2.24, 2.45) is 0 Å². The molecule has 2 unspecified atom stereocenters. The molecule has 1 N–H and O–H groups in total. The second-order valence-corrected chi connectivity index (χ2v) is 7.15. The van der Waals surface area contributed by atoms with Gasteiger partial charge in [-0.2, -0.15) is 11.8 Å². The van der Waals surface area contributed by atoms with Crippen LogP contribution in [0.3, 0.4) is 0 Å². The second-order valence-electron chi connectivity index (χ2n) is 5.87. The summed E-state index contributed by atoms with van der Waals surface area (Å²) >= 11 is 1.92. The SMILES string of the molecule is CCCC1NC(CCC)N(CC(CC)(CC)SC)C1=O. The Hall–Kier alpha value is -0.220. The Morgan fingerprint density at radius 2 is 1.75 bits per heavy atom. The topological polar surface area (TPSA) is 32.3 Å². The summed E-state index contributed by atoms with van der Waals surface area (Å²) in [5.41, 5.74) is 0. The molecular weight excluding hydrogens is 268 g/mol. The average Bonchev–Trinajstić information content (AvgIpc) is 2.74. The van der Waals surface area contributed by atoms with E-state index in [0.717, 1.165) is 45.1 Å². The lowest BCUT2D eigenvalue weighted by atomic mass is 10.0. The van der Waals surface area contributed by atoms with Crippen molar-refractivity contribution in [3.8, 4) is 0 Å². The van der Waals surface area contributed by atoms with Crippen molar-refractivity contribution < 1.29 is 4.79 Å². The van der Waals surface area contributed by atoms with E-state index in [2.05, 4.69) is 44.2 Å². The largest absolute Gasteiger partial charge is 0.324 e. The fraction of sp³-hybridized carbons (Fsp3) is 0.938. The molecule has 1 fully saturated rings. The fourth-order valence-corrected chi connectivity index (χ4v) is 3.93. The van der Waals surface area contributed by atoms with Crippen LogP contribution in [-0.2, 0) is 4.79 Å². The predicted octanol–water partition coefficient (Wildman–Crippen LogP) is 3.63. The van der Waals surface area contributed by atoms with E-state index in [1.165, 1.54) is 0 Å². The van der Waals surface area contributed by atoms with Gasteiger partial charge in [-0.3, -0.25) is 10.1 Å². The first-order valence-corrected chi connectivity index (χ1v) is 9.41. The van der Waals surface area contributed by atoms with E-state index in [1.807, 2.05) is 11.8 Å². The molecule has 1 rings (SSSR count). The standard InChI is InChI=1S/C16H32N2OS/c1-6-10-13-15(19)18(14(17-13)11-7-2)12-16(8-3,9-4)20-5/h13-14,17H,6-12H2,1-5H3. The highest BCUT2D eigenvalue weighted by Gasteiger charge is 2.41. The van der Waals surface area contributed by atoms with Crippen LogP contribution in [0.1, 0.15) is 66.2 Å². The number of hydrogen-bond acceptors (Lipinski definition) is 3. The van der Waals surface area contributed by atoms with Crippen LogP contribution < -0.4 is 5.32 Å². The van der Waals surface area contributed by atoms with Crippen molar-refractivity contribution in [2.45, 2.75) is 83.2 Å². The average molecular weight is 301 g/mol. The molecule has 0 aromatic heterocycles. The van der Waals surface area contributed by atoms with Crippen LogP contribution in [0.2, 0.25) is 0 Å². The molecule has 20 heavy (non-hydrogen) atoms. The van der Waals surface area contributed by atoms with Crippen LogP contribution in [0, 0.1) is 0 Å². The van der Waals surface area contributed by atoms with Gasteiger partial charge in [-0.05, 0) is 31.9 Å². The zero-order chi connectivity index (χ0) is 15.2. The molecule has 1 aliphatic heterocycles. The first kappa shape index (κ1) is 17.8. The monoisotopic (exact) mass is 300 g/mol. The molecule has 0 saturated carbocycles. The molecule has 4 heteroatoms. The molecule has 0 spiro atoms. The number of rotatable bonds is 9. The third-order valence-electron chi connectivity index (χ3n) is 4.67. The lowest BCUT2D eigenvalue weighted by molar-refractivity contribution is -0.130. The number of amides is 1. The van der Waals surface area contributed by atoms with Gasteiger partial charge in [0.05, 0.1) is 12.2 Å². The van der Waals surface area contributed by atoms with Gasteiger partial charge in [-0.1, -0.05) is 40.5 Å². The number of carbonyl (C=O) groups excluding carboxylic acids is 1. The summed E-state index contributed by atoms with van der Waals surface area (Å²) in [5, 5.41) is 3.55. The normalized spacial score (nSPS) is 23.6. The highest BCUT2D eigenvalue weighted by molar-refractivity contribution is 8.00. The molecule has 0 aromatic carbocycles. The van der Waals surface area contributed by atoms with E-state index < -0.39 is 0 Å². The van der Waals surface area contributed by atoms with E-state index in [-0.39, 0.29) is 17.0 Å². The third-order valence-corrected chi connectivity index (χ3v) is 6.24. The summed E-state index contributed by atoms with van der Waals surface area (Å²) in [7, 11) is 0. The van der Waals surface area contributed by atoms with E-state index in [0.29, 0.717) is 5.91 Å². The smallest absolute Gasteiger partial charge is 0.241 e. The van der Waals surface area contributed by atoms with Gasteiger partial charge in [0.1, 0.15) is 0 Å². The Kier molecular flexibility index (Phi) is 7.38. The van der Waals surface area contributed by atoms with E-state index in [9.17, 15) is 4.79 Å². The van der Waals surface area contributed by atoms with Crippen molar-refractivity contribution in [1.29, 1.82) is 0 Å². The lowest BCUT2D eigenvalue weighted by Gasteiger charge is -2.36. The molecule has 0 aromatic rings. The van der Waals surface area contributed by atoms with Crippen molar-refractivity contribution in [3.05, 3.63) is 0 Å². The van der Waals surface area contributed by atoms with Gasteiger partial charge in [0.15, 0.2) is 0 Å². The number of hydrogen-bond donors (Lipinski definition) is 1. The zero-order valence-corrected chi connectivity index (χ0v) is 14.7. The molecule has 0 aliphatic carbocycles. The second kappa shape index (κ2) is 8.28. The Balaban J connectivity index is 2.84. The van der Waals surface area contributed by atoms with Crippen molar-refractivity contribution in [2.75, 3.05) is 12.8 Å². The van der Waals surface area contributed by atoms with Gasteiger partial charge >= 0.3 is 0 Å².